The normalized spacial score (nSPS) is 11.8. The van der Waals surface area contributed by atoms with Crippen molar-refractivity contribution < 1.29 is 8.42 Å². The molecule has 92 valence electrons. The zero-order chi connectivity index (χ0) is 11.9. The largest absolute Gasteiger partial charge is 0.317 e. The lowest BCUT2D eigenvalue weighted by molar-refractivity contribution is 0.573. The zero-order valence-corrected chi connectivity index (χ0v) is 9.92. The molecule has 0 amide bonds. The molecule has 0 aliphatic heterocycles. The lowest BCUT2D eigenvalue weighted by Gasteiger charge is -2.04. The lowest BCUT2D eigenvalue weighted by Crippen LogP contribution is -2.28. The van der Waals surface area contributed by atoms with Crippen LogP contribution in [0.15, 0.2) is 0 Å². The van der Waals surface area contributed by atoms with Crippen molar-refractivity contribution in [3.8, 4) is 0 Å². The predicted molar refractivity (Wildman–Crippen MR) is 58.0 cm³/mol. The van der Waals surface area contributed by atoms with Gasteiger partial charge in [-0.15, -0.1) is 10.2 Å². The molecular formula is C7H16N6O2S. The van der Waals surface area contributed by atoms with Crippen molar-refractivity contribution in [2.75, 3.05) is 18.8 Å². The first kappa shape index (κ1) is 13.0. The minimum Gasteiger partial charge on any atom is -0.317 e. The lowest BCUT2D eigenvalue weighted by atomic mass is 10.5. The molecule has 0 spiro atoms. The summed E-state index contributed by atoms with van der Waals surface area (Å²) < 4.78 is 25.3. The minimum atomic E-state index is -3.25. The highest BCUT2D eigenvalue weighted by molar-refractivity contribution is 7.89. The number of sulfonamides is 1. The van der Waals surface area contributed by atoms with Crippen LogP contribution >= 0.6 is 0 Å². The van der Waals surface area contributed by atoms with E-state index >= 15 is 0 Å². The summed E-state index contributed by atoms with van der Waals surface area (Å²) in [5.74, 6) is 0.424. The number of tetrazole rings is 1. The fourth-order valence-electron chi connectivity index (χ4n) is 1.07. The summed E-state index contributed by atoms with van der Waals surface area (Å²) in [4.78, 5) is 0. The topological polar surface area (TPSA) is 113 Å². The zero-order valence-electron chi connectivity index (χ0n) is 9.10. The van der Waals surface area contributed by atoms with Crippen LogP contribution in [-0.4, -0.2) is 47.9 Å². The molecule has 0 radical (unpaired) electrons. The summed E-state index contributed by atoms with van der Waals surface area (Å²) in [6.45, 7) is 3.58. The van der Waals surface area contributed by atoms with E-state index in [9.17, 15) is 8.42 Å². The van der Waals surface area contributed by atoms with E-state index in [2.05, 4.69) is 30.7 Å². The molecule has 3 N–H and O–H groups in total. The van der Waals surface area contributed by atoms with Gasteiger partial charge in [0.05, 0.1) is 12.3 Å². The standard InChI is InChI=1S/C7H16N6O2S/c1-2-8-4-3-5-16(14,15)9-6-7-10-12-13-11-7/h8-9H,2-6H2,1H3,(H,10,11,12,13). The summed E-state index contributed by atoms with van der Waals surface area (Å²) in [5.41, 5.74) is 0. The molecule has 1 heterocycles. The third kappa shape index (κ3) is 5.14. The first-order valence-electron chi connectivity index (χ1n) is 5.04. The number of nitrogens with one attached hydrogen (secondary N) is 3. The van der Waals surface area contributed by atoms with Gasteiger partial charge >= 0.3 is 0 Å². The third-order valence-electron chi connectivity index (χ3n) is 1.86. The smallest absolute Gasteiger partial charge is 0.212 e. The Morgan fingerprint density at radius 3 is 2.88 bits per heavy atom. The van der Waals surface area contributed by atoms with E-state index in [1.54, 1.807) is 0 Å². The molecule has 1 aromatic rings. The van der Waals surface area contributed by atoms with E-state index in [1.807, 2.05) is 6.92 Å². The van der Waals surface area contributed by atoms with Crippen LogP contribution in [0.1, 0.15) is 19.2 Å². The fraction of sp³-hybridized carbons (Fsp3) is 0.857. The maximum atomic E-state index is 11.5. The predicted octanol–water partition coefficient (Wildman–Crippen LogP) is -1.38. The van der Waals surface area contributed by atoms with Gasteiger partial charge in [-0.1, -0.05) is 12.1 Å². The molecule has 0 fully saturated rings. The molecule has 0 saturated heterocycles. The number of hydrogen-bond donors (Lipinski definition) is 3. The molecule has 1 aromatic heterocycles. The van der Waals surface area contributed by atoms with Crippen LogP contribution in [0.3, 0.4) is 0 Å². The van der Waals surface area contributed by atoms with Crippen molar-refractivity contribution in [2.24, 2.45) is 0 Å². The number of rotatable bonds is 8. The second kappa shape index (κ2) is 6.51. The van der Waals surface area contributed by atoms with Gasteiger partial charge in [-0.3, -0.25) is 0 Å². The van der Waals surface area contributed by atoms with Crippen LogP contribution in [0.2, 0.25) is 0 Å². The van der Waals surface area contributed by atoms with Gasteiger partial charge in [0.15, 0.2) is 5.82 Å². The summed E-state index contributed by atoms with van der Waals surface area (Å²) in [5, 5.41) is 15.9. The molecule has 16 heavy (non-hydrogen) atoms. The first-order valence-corrected chi connectivity index (χ1v) is 6.69. The van der Waals surface area contributed by atoms with Gasteiger partial charge in [-0.05, 0) is 19.5 Å². The van der Waals surface area contributed by atoms with Crippen LogP contribution in [0.4, 0.5) is 0 Å². The van der Waals surface area contributed by atoms with Gasteiger partial charge < -0.3 is 5.32 Å². The van der Waals surface area contributed by atoms with Crippen molar-refractivity contribution in [3.05, 3.63) is 5.82 Å². The van der Waals surface area contributed by atoms with Crippen molar-refractivity contribution in [2.45, 2.75) is 19.9 Å². The third-order valence-corrected chi connectivity index (χ3v) is 3.27. The first-order chi connectivity index (χ1) is 7.64. The molecule has 0 bridgehead atoms. The summed E-state index contributed by atoms with van der Waals surface area (Å²) in [6.07, 6.45) is 0.579. The second-order valence-electron chi connectivity index (χ2n) is 3.18. The van der Waals surface area contributed by atoms with Crippen LogP contribution in [0.25, 0.3) is 0 Å². The monoisotopic (exact) mass is 248 g/mol. The van der Waals surface area contributed by atoms with Crippen molar-refractivity contribution in [3.63, 3.8) is 0 Å². The maximum absolute atomic E-state index is 11.5. The summed E-state index contributed by atoms with van der Waals surface area (Å²) in [6, 6.07) is 0. The number of hydrogen-bond acceptors (Lipinski definition) is 6. The number of nitrogens with zero attached hydrogens (tertiary/aromatic N) is 3. The molecule has 9 heteroatoms. The van der Waals surface area contributed by atoms with Crippen molar-refractivity contribution >= 4 is 10.0 Å². The van der Waals surface area contributed by atoms with E-state index < -0.39 is 10.0 Å². The van der Waals surface area contributed by atoms with E-state index in [0.29, 0.717) is 18.8 Å². The van der Waals surface area contributed by atoms with Crippen LogP contribution in [0, 0.1) is 0 Å². The highest BCUT2D eigenvalue weighted by atomic mass is 32.2. The van der Waals surface area contributed by atoms with Gasteiger partial charge in [0.25, 0.3) is 0 Å². The molecule has 0 aliphatic carbocycles. The Morgan fingerprint density at radius 1 is 1.44 bits per heavy atom. The Kier molecular flexibility index (Phi) is 5.29. The van der Waals surface area contributed by atoms with Crippen molar-refractivity contribution in [1.82, 2.24) is 30.7 Å². The van der Waals surface area contributed by atoms with E-state index in [-0.39, 0.29) is 12.3 Å². The Morgan fingerprint density at radius 2 is 2.25 bits per heavy atom. The molecule has 0 saturated carbocycles. The van der Waals surface area contributed by atoms with Crippen LogP contribution in [0.5, 0.6) is 0 Å². The van der Waals surface area contributed by atoms with Crippen molar-refractivity contribution in [1.29, 1.82) is 0 Å². The average molecular weight is 248 g/mol. The quantitative estimate of drug-likeness (QED) is 0.489. The number of H-pyrrole nitrogens is 1. The Balaban J connectivity index is 2.23. The molecule has 0 unspecified atom stereocenters. The SMILES string of the molecule is CCNCCCS(=O)(=O)NCc1nn[nH]n1. The molecule has 0 aromatic carbocycles. The number of aromatic amines is 1. The minimum absolute atomic E-state index is 0.0695. The van der Waals surface area contributed by atoms with E-state index in [1.165, 1.54) is 0 Å². The van der Waals surface area contributed by atoms with Gasteiger partial charge in [0.1, 0.15) is 0 Å². The molecule has 8 nitrogen and oxygen atoms in total. The van der Waals surface area contributed by atoms with Gasteiger partial charge in [0, 0.05) is 0 Å². The van der Waals surface area contributed by atoms with Crippen LogP contribution in [-0.2, 0) is 16.6 Å². The highest BCUT2D eigenvalue weighted by Crippen LogP contribution is 1.91. The summed E-state index contributed by atoms with van der Waals surface area (Å²) >= 11 is 0. The summed E-state index contributed by atoms with van der Waals surface area (Å²) in [7, 11) is -3.25. The van der Waals surface area contributed by atoms with Crippen LogP contribution < -0.4 is 10.0 Å². The van der Waals surface area contributed by atoms with Gasteiger partial charge in [-0.25, -0.2) is 13.1 Å². The molecule has 1 rings (SSSR count). The highest BCUT2D eigenvalue weighted by Gasteiger charge is 2.10. The average Bonchev–Trinajstić information content (AvgIpc) is 2.75. The Labute approximate surface area is 94.3 Å². The Bertz CT molecular complexity index is 376. The van der Waals surface area contributed by atoms with E-state index in [4.69, 9.17) is 0 Å². The molecule has 0 aliphatic rings. The molecule has 0 atom stereocenters. The second-order valence-corrected chi connectivity index (χ2v) is 5.10. The Hall–Kier alpha value is -1.06. The van der Waals surface area contributed by atoms with E-state index in [0.717, 1.165) is 6.54 Å². The number of aromatic nitrogens is 4. The maximum Gasteiger partial charge on any atom is 0.212 e. The fourth-order valence-corrected chi connectivity index (χ4v) is 2.09. The van der Waals surface area contributed by atoms with Gasteiger partial charge in [-0.2, -0.15) is 5.21 Å². The molecular weight excluding hydrogens is 232 g/mol. The van der Waals surface area contributed by atoms with Gasteiger partial charge in [0.2, 0.25) is 10.0 Å².